The summed E-state index contributed by atoms with van der Waals surface area (Å²) in [7, 11) is -3.47. The van der Waals surface area contributed by atoms with Crippen LogP contribution in [0.3, 0.4) is 0 Å². The predicted octanol–water partition coefficient (Wildman–Crippen LogP) is 1.96. The van der Waals surface area contributed by atoms with Gasteiger partial charge in [-0.05, 0) is 31.5 Å². The second kappa shape index (κ2) is 7.86. The standard InChI is InChI=1S/C19H19N3O5S/c1-4-11-26-21-15-9-12-28(24,25)16-7-6-14(13(3)18(15)16)19(23)27-17-8-10-20-22(17)5-2/h1,6-8,10H,5,9,11-12H2,2-3H3/b21-15+. The Morgan fingerprint density at radius 2 is 2.18 bits per heavy atom. The molecule has 2 aromatic rings. The van der Waals surface area contributed by atoms with Crippen LogP contribution in [0, 0.1) is 19.3 Å². The fraction of sp³-hybridized carbons (Fsp3) is 0.316. The summed E-state index contributed by atoms with van der Waals surface area (Å²) in [6.45, 7) is 4.04. The fourth-order valence-corrected chi connectivity index (χ4v) is 4.56. The van der Waals surface area contributed by atoms with E-state index in [0.29, 0.717) is 29.3 Å². The highest BCUT2D eigenvalue weighted by Crippen LogP contribution is 2.31. The molecular weight excluding hydrogens is 382 g/mol. The Hall–Kier alpha value is -3.12. The first-order chi connectivity index (χ1) is 13.4. The van der Waals surface area contributed by atoms with Crippen molar-refractivity contribution in [3.05, 3.63) is 41.1 Å². The summed E-state index contributed by atoms with van der Waals surface area (Å²) < 4.78 is 31.9. The molecule has 146 valence electrons. The Kier molecular flexibility index (Phi) is 5.51. The third-order valence-electron chi connectivity index (χ3n) is 4.37. The lowest BCUT2D eigenvalue weighted by atomic mass is 9.97. The van der Waals surface area contributed by atoms with Crippen molar-refractivity contribution in [2.45, 2.75) is 31.7 Å². The summed E-state index contributed by atoms with van der Waals surface area (Å²) in [5, 5.41) is 8.04. The third-order valence-corrected chi connectivity index (χ3v) is 6.13. The molecule has 0 fully saturated rings. The number of terminal acetylenes is 1. The molecule has 0 spiro atoms. The zero-order chi connectivity index (χ0) is 20.3. The number of sulfone groups is 1. The van der Waals surface area contributed by atoms with Crippen LogP contribution in [-0.4, -0.2) is 42.2 Å². The van der Waals surface area contributed by atoms with Gasteiger partial charge < -0.3 is 9.57 Å². The first-order valence-electron chi connectivity index (χ1n) is 8.62. The van der Waals surface area contributed by atoms with Gasteiger partial charge in [0.25, 0.3) is 0 Å². The number of carbonyl (C=O) groups excluding carboxylic acids is 1. The third kappa shape index (κ3) is 3.64. The summed E-state index contributed by atoms with van der Waals surface area (Å²) in [4.78, 5) is 17.9. The van der Waals surface area contributed by atoms with Crippen LogP contribution in [0.5, 0.6) is 5.88 Å². The molecule has 0 radical (unpaired) electrons. The number of esters is 1. The second-order valence-electron chi connectivity index (χ2n) is 6.07. The van der Waals surface area contributed by atoms with Gasteiger partial charge in [-0.3, -0.25) is 0 Å². The summed E-state index contributed by atoms with van der Waals surface area (Å²) in [6, 6.07) is 4.44. The first kappa shape index (κ1) is 19.6. The first-order valence-corrected chi connectivity index (χ1v) is 10.3. The maximum Gasteiger partial charge on any atom is 0.345 e. The largest absolute Gasteiger partial charge is 0.404 e. The molecule has 0 bridgehead atoms. The van der Waals surface area contributed by atoms with E-state index < -0.39 is 15.8 Å². The maximum atomic E-state index is 12.7. The quantitative estimate of drug-likeness (QED) is 0.329. The van der Waals surface area contributed by atoms with E-state index >= 15 is 0 Å². The molecule has 0 aliphatic carbocycles. The molecule has 9 heteroatoms. The normalized spacial score (nSPS) is 16.2. The van der Waals surface area contributed by atoms with E-state index in [1.807, 2.05) is 6.92 Å². The average molecular weight is 401 g/mol. The number of hydrogen-bond acceptors (Lipinski definition) is 7. The van der Waals surface area contributed by atoms with Gasteiger partial charge in [-0.1, -0.05) is 11.1 Å². The van der Waals surface area contributed by atoms with E-state index in [0.717, 1.165) is 0 Å². The number of fused-ring (bicyclic) bond motifs is 1. The Morgan fingerprint density at radius 1 is 1.39 bits per heavy atom. The van der Waals surface area contributed by atoms with Gasteiger partial charge in [0.2, 0.25) is 5.88 Å². The van der Waals surface area contributed by atoms with Crippen molar-refractivity contribution in [1.82, 2.24) is 9.78 Å². The molecule has 1 aromatic carbocycles. The number of rotatable bonds is 5. The molecule has 1 aromatic heterocycles. The minimum Gasteiger partial charge on any atom is -0.404 e. The molecule has 0 saturated heterocycles. The molecule has 28 heavy (non-hydrogen) atoms. The number of aromatic nitrogens is 2. The van der Waals surface area contributed by atoms with Crippen molar-refractivity contribution in [2.24, 2.45) is 5.16 Å². The lowest BCUT2D eigenvalue weighted by Gasteiger charge is -2.21. The molecule has 3 rings (SSSR count). The van der Waals surface area contributed by atoms with Crippen molar-refractivity contribution in [3.8, 4) is 18.2 Å². The van der Waals surface area contributed by atoms with Gasteiger partial charge in [0.1, 0.15) is 0 Å². The number of aryl methyl sites for hydroxylation is 1. The highest BCUT2D eigenvalue weighted by Gasteiger charge is 2.32. The lowest BCUT2D eigenvalue weighted by Crippen LogP contribution is -2.25. The lowest BCUT2D eigenvalue weighted by molar-refractivity contribution is 0.0717. The number of hydrogen-bond donors (Lipinski definition) is 0. The van der Waals surface area contributed by atoms with Gasteiger partial charge in [0.15, 0.2) is 16.4 Å². The minimum atomic E-state index is -3.47. The Morgan fingerprint density at radius 3 is 2.89 bits per heavy atom. The van der Waals surface area contributed by atoms with Gasteiger partial charge in [0, 0.05) is 24.6 Å². The van der Waals surface area contributed by atoms with Crippen LogP contribution in [0.2, 0.25) is 0 Å². The van der Waals surface area contributed by atoms with Crippen molar-refractivity contribution >= 4 is 21.5 Å². The van der Waals surface area contributed by atoms with Crippen molar-refractivity contribution in [2.75, 3.05) is 12.4 Å². The summed E-state index contributed by atoms with van der Waals surface area (Å²) in [5.41, 5.74) is 1.49. The molecule has 0 saturated carbocycles. The number of nitrogens with zero attached hydrogens (tertiary/aromatic N) is 3. The summed E-state index contributed by atoms with van der Waals surface area (Å²) in [5.74, 6) is 1.91. The van der Waals surface area contributed by atoms with Crippen LogP contribution >= 0.6 is 0 Å². The van der Waals surface area contributed by atoms with Crippen LogP contribution < -0.4 is 4.74 Å². The van der Waals surface area contributed by atoms with E-state index in [1.165, 1.54) is 23.0 Å². The zero-order valence-electron chi connectivity index (χ0n) is 15.5. The molecule has 1 aliphatic rings. The highest BCUT2D eigenvalue weighted by atomic mass is 32.2. The Balaban J connectivity index is 2.04. The molecule has 2 heterocycles. The average Bonchev–Trinajstić information content (AvgIpc) is 3.11. The van der Waals surface area contributed by atoms with Gasteiger partial charge in [-0.25, -0.2) is 17.9 Å². The Bertz CT molecular complexity index is 1090. The zero-order valence-corrected chi connectivity index (χ0v) is 16.3. The van der Waals surface area contributed by atoms with Crippen LogP contribution in [-0.2, 0) is 21.2 Å². The molecule has 0 atom stereocenters. The monoisotopic (exact) mass is 401 g/mol. The Labute approximate surface area is 163 Å². The second-order valence-corrected chi connectivity index (χ2v) is 8.15. The van der Waals surface area contributed by atoms with Gasteiger partial charge >= 0.3 is 5.97 Å². The van der Waals surface area contributed by atoms with Crippen molar-refractivity contribution < 1.29 is 22.8 Å². The van der Waals surface area contributed by atoms with E-state index in [-0.39, 0.29) is 29.2 Å². The van der Waals surface area contributed by atoms with E-state index in [2.05, 4.69) is 16.2 Å². The number of carbonyl (C=O) groups is 1. The molecule has 0 amide bonds. The van der Waals surface area contributed by atoms with Crippen LogP contribution in [0.15, 0.2) is 34.4 Å². The summed E-state index contributed by atoms with van der Waals surface area (Å²) in [6.07, 6.45) is 6.86. The number of ether oxygens (including phenoxy) is 1. The van der Waals surface area contributed by atoms with Crippen LogP contribution in [0.1, 0.15) is 34.8 Å². The van der Waals surface area contributed by atoms with E-state index in [4.69, 9.17) is 16.0 Å². The predicted molar refractivity (Wildman–Crippen MR) is 102 cm³/mol. The maximum absolute atomic E-state index is 12.7. The van der Waals surface area contributed by atoms with Gasteiger partial charge in [0.05, 0.1) is 28.1 Å². The molecule has 0 unspecified atom stereocenters. The molecular formula is C19H19N3O5S. The summed E-state index contributed by atoms with van der Waals surface area (Å²) >= 11 is 0. The van der Waals surface area contributed by atoms with E-state index in [9.17, 15) is 13.2 Å². The van der Waals surface area contributed by atoms with Crippen LogP contribution in [0.4, 0.5) is 0 Å². The minimum absolute atomic E-state index is 0.0344. The fourth-order valence-electron chi connectivity index (χ4n) is 3.03. The molecule has 1 aliphatic heterocycles. The molecule has 0 N–H and O–H groups in total. The van der Waals surface area contributed by atoms with Crippen LogP contribution in [0.25, 0.3) is 0 Å². The van der Waals surface area contributed by atoms with Crippen molar-refractivity contribution in [3.63, 3.8) is 0 Å². The van der Waals surface area contributed by atoms with Crippen molar-refractivity contribution in [1.29, 1.82) is 0 Å². The number of oxime groups is 1. The van der Waals surface area contributed by atoms with E-state index in [1.54, 1.807) is 13.0 Å². The van der Waals surface area contributed by atoms with Gasteiger partial charge in [-0.2, -0.15) is 5.10 Å². The smallest absolute Gasteiger partial charge is 0.345 e. The van der Waals surface area contributed by atoms with Gasteiger partial charge in [-0.15, -0.1) is 6.42 Å². The highest BCUT2D eigenvalue weighted by molar-refractivity contribution is 7.91. The number of benzene rings is 1. The SMILES string of the molecule is C#CCO/N=C1\CCS(=O)(=O)c2ccc(C(=O)Oc3ccnn3CC)c(C)c21. The molecule has 8 nitrogen and oxygen atoms in total. The topological polar surface area (TPSA) is 99.8 Å².